The predicted molar refractivity (Wildman–Crippen MR) is 74.7 cm³/mol. The fourth-order valence-corrected chi connectivity index (χ4v) is 2.83. The largest absolute Gasteiger partial charge is 0.389 e. The van der Waals surface area contributed by atoms with Crippen LogP contribution in [-0.4, -0.2) is 18.8 Å². The van der Waals surface area contributed by atoms with Crippen molar-refractivity contribution in [2.45, 2.75) is 49.7 Å². The second-order valence-corrected chi connectivity index (χ2v) is 5.69. The van der Waals surface area contributed by atoms with Crippen molar-refractivity contribution in [3.8, 4) is 6.07 Å². The minimum atomic E-state index is -4.06. The Hall–Kier alpha value is -1.54. The molecule has 1 N–H and O–H groups in total. The number of nitrogens with one attached hydrogen (secondary N) is 1. The fourth-order valence-electron chi connectivity index (χ4n) is 2.83. The third kappa shape index (κ3) is 4.21. The highest BCUT2D eigenvalue weighted by molar-refractivity contribution is 5.36. The van der Waals surface area contributed by atoms with Gasteiger partial charge in [-0.2, -0.15) is 18.4 Å². The van der Waals surface area contributed by atoms with Gasteiger partial charge in [0.1, 0.15) is 0 Å². The number of hydrogen-bond donors (Lipinski definition) is 1. The molecule has 0 bridgehead atoms. The number of nitriles is 1. The van der Waals surface area contributed by atoms with E-state index in [-0.39, 0.29) is 12.5 Å². The normalized spacial score (nSPS) is 25.1. The third-order valence-corrected chi connectivity index (χ3v) is 4.05. The van der Waals surface area contributed by atoms with Crippen LogP contribution < -0.4 is 5.32 Å². The number of alkyl halides is 3. The Bertz CT molecular complexity index is 484. The molecule has 114 valence electrons. The average Bonchev–Trinajstić information content (AvgIpc) is 2.40. The van der Waals surface area contributed by atoms with Crippen LogP contribution in [0.15, 0.2) is 30.3 Å². The number of halogens is 3. The molecule has 0 saturated heterocycles. The lowest BCUT2D eigenvalue weighted by atomic mass is 9.62. The summed E-state index contributed by atoms with van der Waals surface area (Å²) in [4.78, 5) is 0. The molecule has 1 aromatic carbocycles. The summed E-state index contributed by atoms with van der Waals surface area (Å²) < 4.78 is 36.0. The van der Waals surface area contributed by atoms with E-state index >= 15 is 0 Å². The van der Waals surface area contributed by atoms with E-state index in [2.05, 4.69) is 11.4 Å². The highest BCUT2D eigenvalue weighted by atomic mass is 19.4. The van der Waals surface area contributed by atoms with Gasteiger partial charge in [-0.25, -0.2) is 0 Å². The van der Waals surface area contributed by atoms with Crippen LogP contribution in [0, 0.1) is 11.3 Å². The van der Waals surface area contributed by atoms with E-state index in [1.54, 1.807) is 0 Å². The van der Waals surface area contributed by atoms with E-state index in [1.165, 1.54) is 0 Å². The van der Waals surface area contributed by atoms with Crippen molar-refractivity contribution in [2.24, 2.45) is 0 Å². The standard InChI is InChI=1S/C16H19F3N2/c17-16(18,19)8-4-5-9-21-14-10-15(11-14,12-20)13-6-2-1-3-7-13/h1-3,6-7,14,21H,4-5,8-11H2. The molecular formula is C16H19F3N2. The monoisotopic (exact) mass is 296 g/mol. The SMILES string of the molecule is N#CC1(c2ccccc2)CC(NCCCCC(F)(F)F)C1. The molecule has 0 amide bonds. The Kier molecular flexibility index (Phi) is 4.89. The fraction of sp³-hybridized carbons (Fsp3) is 0.562. The molecule has 5 heteroatoms. The zero-order valence-electron chi connectivity index (χ0n) is 11.8. The van der Waals surface area contributed by atoms with Crippen molar-refractivity contribution in [2.75, 3.05) is 6.54 Å². The van der Waals surface area contributed by atoms with Gasteiger partial charge in [0.05, 0.1) is 11.5 Å². The lowest BCUT2D eigenvalue weighted by Gasteiger charge is -2.43. The lowest BCUT2D eigenvalue weighted by Crippen LogP contribution is -2.51. The molecule has 1 aliphatic rings. The van der Waals surface area contributed by atoms with Crippen LogP contribution in [0.5, 0.6) is 0 Å². The van der Waals surface area contributed by atoms with Gasteiger partial charge in [0, 0.05) is 12.5 Å². The molecule has 0 aliphatic heterocycles. The summed E-state index contributed by atoms with van der Waals surface area (Å²) in [5.41, 5.74) is 0.605. The molecule has 0 spiro atoms. The summed E-state index contributed by atoms with van der Waals surface area (Å²) in [6.45, 7) is 0.580. The first-order valence-corrected chi connectivity index (χ1v) is 7.22. The van der Waals surface area contributed by atoms with E-state index < -0.39 is 18.0 Å². The van der Waals surface area contributed by atoms with Crippen molar-refractivity contribution >= 4 is 0 Å². The summed E-state index contributed by atoms with van der Waals surface area (Å²) in [6.07, 6.45) is -2.64. The van der Waals surface area contributed by atoms with Crippen molar-refractivity contribution in [1.82, 2.24) is 5.32 Å². The van der Waals surface area contributed by atoms with Gasteiger partial charge in [0.25, 0.3) is 0 Å². The molecule has 1 fully saturated rings. The van der Waals surface area contributed by atoms with Gasteiger partial charge in [-0.3, -0.25) is 0 Å². The molecule has 0 atom stereocenters. The summed E-state index contributed by atoms with van der Waals surface area (Å²) in [6, 6.07) is 12.3. The zero-order chi connectivity index (χ0) is 15.3. The average molecular weight is 296 g/mol. The quantitative estimate of drug-likeness (QED) is 0.807. The van der Waals surface area contributed by atoms with E-state index in [4.69, 9.17) is 0 Å². The van der Waals surface area contributed by atoms with Crippen LogP contribution in [0.2, 0.25) is 0 Å². The molecule has 21 heavy (non-hydrogen) atoms. The zero-order valence-corrected chi connectivity index (χ0v) is 11.8. The first-order valence-electron chi connectivity index (χ1n) is 7.22. The topological polar surface area (TPSA) is 35.8 Å². The van der Waals surface area contributed by atoms with E-state index in [9.17, 15) is 18.4 Å². The van der Waals surface area contributed by atoms with E-state index in [0.717, 1.165) is 18.4 Å². The number of nitrogens with zero attached hydrogens (tertiary/aromatic N) is 1. The molecule has 1 saturated carbocycles. The summed E-state index contributed by atoms with van der Waals surface area (Å²) in [5, 5.41) is 12.6. The van der Waals surface area contributed by atoms with Gasteiger partial charge in [0.2, 0.25) is 0 Å². The number of benzene rings is 1. The molecule has 2 nitrogen and oxygen atoms in total. The van der Waals surface area contributed by atoms with Crippen LogP contribution in [0.1, 0.15) is 37.7 Å². The molecule has 2 rings (SSSR count). The molecule has 0 radical (unpaired) electrons. The summed E-state index contributed by atoms with van der Waals surface area (Å²) >= 11 is 0. The second kappa shape index (κ2) is 6.48. The van der Waals surface area contributed by atoms with Gasteiger partial charge < -0.3 is 5.32 Å². The van der Waals surface area contributed by atoms with Gasteiger partial charge >= 0.3 is 6.18 Å². The predicted octanol–water partition coefficient (Wildman–Crippen LogP) is 3.93. The number of hydrogen-bond acceptors (Lipinski definition) is 2. The van der Waals surface area contributed by atoms with Crippen molar-refractivity contribution in [3.05, 3.63) is 35.9 Å². The number of rotatable bonds is 6. The maximum absolute atomic E-state index is 12.0. The highest BCUT2D eigenvalue weighted by Crippen LogP contribution is 2.43. The van der Waals surface area contributed by atoms with Crippen molar-refractivity contribution in [1.29, 1.82) is 5.26 Å². The lowest BCUT2D eigenvalue weighted by molar-refractivity contribution is -0.135. The Morgan fingerprint density at radius 2 is 1.86 bits per heavy atom. The minimum Gasteiger partial charge on any atom is -0.314 e. The van der Waals surface area contributed by atoms with Gasteiger partial charge in [-0.1, -0.05) is 30.3 Å². The Labute approximate surface area is 123 Å². The van der Waals surface area contributed by atoms with E-state index in [0.29, 0.717) is 13.0 Å². The molecule has 1 aliphatic carbocycles. The summed E-state index contributed by atoms with van der Waals surface area (Å²) in [7, 11) is 0. The maximum Gasteiger partial charge on any atom is 0.389 e. The summed E-state index contributed by atoms with van der Waals surface area (Å²) in [5.74, 6) is 0. The van der Waals surface area contributed by atoms with Crippen molar-refractivity contribution in [3.63, 3.8) is 0 Å². The van der Waals surface area contributed by atoms with Crippen LogP contribution >= 0.6 is 0 Å². The van der Waals surface area contributed by atoms with Gasteiger partial charge in [-0.05, 0) is 37.8 Å². The second-order valence-electron chi connectivity index (χ2n) is 5.69. The molecular weight excluding hydrogens is 277 g/mol. The Morgan fingerprint density at radius 1 is 1.19 bits per heavy atom. The minimum absolute atomic E-state index is 0.158. The molecule has 0 unspecified atom stereocenters. The maximum atomic E-state index is 12.0. The van der Waals surface area contributed by atoms with E-state index in [1.807, 2.05) is 30.3 Å². The third-order valence-electron chi connectivity index (χ3n) is 4.05. The van der Waals surface area contributed by atoms with Crippen LogP contribution in [0.25, 0.3) is 0 Å². The highest BCUT2D eigenvalue weighted by Gasteiger charge is 2.45. The van der Waals surface area contributed by atoms with Crippen LogP contribution in [0.4, 0.5) is 13.2 Å². The van der Waals surface area contributed by atoms with Crippen molar-refractivity contribution < 1.29 is 13.2 Å². The molecule has 0 aromatic heterocycles. The van der Waals surface area contributed by atoms with Crippen LogP contribution in [0.3, 0.4) is 0 Å². The smallest absolute Gasteiger partial charge is 0.314 e. The van der Waals surface area contributed by atoms with Gasteiger partial charge in [-0.15, -0.1) is 0 Å². The first kappa shape index (κ1) is 15.8. The Morgan fingerprint density at radius 3 is 2.43 bits per heavy atom. The Balaban J connectivity index is 1.70. The number of unbranched alkanes of at least 4 members (excludes halogenated alkanes) is 1. The van der Waals surface area contributed by atoms with Gasteiger partial charge in [0.15, 0.2) is 0 Å². The molecule has 1 aromatic rings. The van der Waals surface area contributed by atoms with Crippen LogP contribution in [-0.2, 0) is 5.41 Å². The first-order chi connectivity index (χ1) is 9.95. The molecule has 0 heterocycles.